The molecule has 4 rings (SSSR count). The maximum atomic E-state index is 4.49. The molecule has 31 heavy (non-hydrogen) atoms. The number of allylic oxidation sites excluding steroid dienone is 5. The standard InChI is InChI=1S/C31H50.H2/c1-8-23-20-31(7)27-16-15-24-13-9-10-19-30(24,6)26(27)17-18-28(31)29(23)25(22(4)5)14-11-12-21(2)3;/h12,23-24,26-28H,4,8-11,13-20H2,1-3,5-7H3;1H/b29-25+;. The van der Waals surface area contributed by atoms with Crippen molar-refractivity contribution in [2.45, 2.75) is 119 Å². The Morgan fingerprint density at radius 2 is 1.71 bits per heavy atom. The predicted molar refractivity (Wildman–Crippen MR) is 138 cm³/mol. The Kier molecular flexibility index (Phi) is 6.69. The van der Waals surface area contributed by atoms with E-state index in [2.05, 4.69) is 54.2 Å². The summed E-state index contributed by atoms with van der Waals surface area (Å²) in [7, 11) is 0. The van der Waals surface area contributed by atoms with Crippen LogP contribution in [0.4, 0.5) is 0 Å². The highest BCUT2D eigenvalue weighted by molar-refractivity contribution is 5.39. The Labute approximate surface area is 195 Å². The molecule has 0 aromatic carbocycles. The largest absolute Gasteiger partial charge is 0.0958 e. The van der Waals surface area contributed by atoms with Crippen LogP contribution in [0.5, 0.6) is 0 Å². The third-order valence-corrected chi connectivity index (χ3v) is 10.8. The van der Waals surface area contributed by atoms with Crippen LogP contribution >= 0.6 is 0 Å². The van der Waals surface area contributed by atoms with Gasteiger partial charge in [0.25, 0.3) is 0 Å². The molecule has 4 aliphatic carbocycles. The Morgan fingerprint density at radius 3 is 2.39 bits per heavy atom. The lowest BCUT2D eigenvalue weighted by molar-refractivity contribution is -0.114. The second-order valence-electron chi connectivity index (χ2n) is 12.7. The lowest BCUT2D eigenvalue weighted by Crippen LogP contribution is -2.53. The van der Waals surface area contributed by atoms with Crippen LogP contribution in [0, 0.1) is 40.4 Å². The van der Waals surface area contributed by atoms with E-state index in [4.69, 9.17) is 0 Å². The van der Waals surface area contributed by atoms with Gasteiger partial charge in [-0.2, -0.15) is 0 Å². The molecule has 0 bridgehead atoms. The zero-order chi connectivity index (χ0) is 22.4. The molecule has 0 heteroatoms. The molecule has 0 N–H and O–H groups in total. The summed E-state index contributed by atoms with van der Waals surface area (Å²) in [5.41, 5.74) is 7.51. The highest BCUT2D eigenvalue weighted by Gasteiger charge is 2.61. The van der Waals surface area contributed by atoms with Crippen LogP contribution in [0.15, 0.2) is 34.9 Å². The maximum Gasteiger partial charge on any atom is 0 e. The first-order valence-electron chi connectivity index (χ1n) is 13.7. The zero-order valence-corrected chi connectivity index (χ0v) is 21.7. The van der Waals surface area contributed by atoms with E-state index in [9.17, 15) is 0 Å². The molecule has 7 atom stereocenters. The second-order valence-corrected chi connectivity index (χ2v) is 12.7. The average molecular weight is 425 g/mol. The van der Waals surface area contributed by atoms with Crippen LogP contribution in [0.25, 0.3) is 0 Å². The molecule has 0 radical (unpaired) electrons. The third-order valence-electron chi connectivity index (χ3n) is 10.8. The number of fused-ring (bicyclic) bond motifs is 5. The van der Waals surface area contributed by atoms with E-state index in [0.29, 0.717) is 10.8 Å². The maximum absolute atomic E-state index is 4.49. The van der Waals surface area contributed by atoms with Crippen LogP contribution < -0.4 is 0 Å². The van der Waals surface area contributed by atoms with E-state index in [0.717, 1.165) is 29.6 Å². The molecule has 4 aliphatic rings. The average Bonchev–Trinajstić information content (AvgIpc) is 3.02. The summed E-state index contributed by atoms with van der Waals surface area (Å²) < 4.78 is 0. The lowest BCUT2D eigenvalue weighted by atomic mass is 9.44. The van der Waals surface area contributed by atoms with Crippen LogP contribution in [-0.4, -0.2) is 0 Å². The summed E-state index contributed by atoms with van der Waals surface area (Å²) in [5.74, 6) is 4.59. The van der Waals surface area contributed by atoms with Crippen molar-refractivity contribution in [3.63, 3.8) is 0 Å². The van der Waals surface area contributed by atoms with E-state index < -0.39 is 0 Å². The van der Waals surface area contributed by atoms with E-state index in [1.165, 1.54) is 88.2 Å². The van der Waals surface area contributed by atoms with Crippen molar-refractivity contribution in [1.29, 1.82) is 0 Å². The lowest BCUT2D eigenvalue weighted by Gasteiger charge is -2.61. The first-order chi connectivity index (χ1) is 14.7. The number of hydrogen-bond acceptors (Lipinski definition) is 0. The van der Waals surface area contributed by atoms with Crippen molar-refractivity contribution >= 4 is 0 Å². The Hall–Kier alpha value is -0.780. The van der Waals surface area contributed by atoms with E-state index in [1.807, 2.05) is 5.57 Å². The summed E-state index contributed by atoms with van der Waals surface area (Å²) in [4.78, 5) is 0. The number of hydrogen-bond donors (Lipinski definition) is 0. The van der Waals surface area contributed by atoms with Gasteiger partial charge in [0.2, 0.25) is 0 Å². The van der Waals surface area contributed by atoms with Gasteiger partial charge in [-0.25, -0.2) is 0 Å². The van der Waals surface area contributed by atoms with Gasteiger partial charge >= 0.3 is 0 Å². The van der Waals surface area contributed by atoms with Crippen molar-refractivity contribution in [2.75, 3.05) is 0 Å². The summed E-state index contributed by atoms with van der Waals surface area (Å²) in [6.45, 7) is 19.2. The fraction of sp³-hybridized carbons (Fsp3) is 0.806. The zero-order valence-electron chi connectivity index (χ0n) is 21.7. The minimum atomic E-state index is 0. The third kappa shape index (κ3) is 3.93. The molecule has 0 spiro atoms. The quantitative estimate of drug-likeness (QED) is 0.385. The van der Waals surface area contributed by atoms with Crippen LogP contribution in [0.1, 0.15) is 120 Å². The summed E-state index contributed by atoms with van der Waals surface area (Å²) in [6.07, 6.45) is 19.6. The van der Waals surface area contributed by atoms with Crippen molar-refractivity contribution < 1.29 is 1.43 Å². The molecule has 7 unspecified atom stereocenters. The smallest absolute Gasteiger partial charge is 0 e. The molecule has 4 saturated carbocycles. The normalized spacial score (nSPS) is 43.5. The summed E-state index contributed by atoms with van der Waals surface area (Å²) >= 11 is 0. The van der Waals surface area contributed by atoms with E-state index in [1.54, 1.807) is 5.57 Å². The van der Waals surface area contributed by atoms with Crippen molar-refractivity contribution in [1.82, 2.24) is 0 Å². The molecule has 0 heterocycles. The van der Waals surface area contributed by atoms with Crippen LogP contribution in [-0.2, 0) is 0 Å². The highest BCUT2D eigenvalue weighted by atomic mass is 14.7. The van der Waals surface area contributed by atoms with Crippen molar-refractivity contribution in [3.05, 3.63) is 34.9 Å². The molecule has 0 nitrogen and oxygen atoms in total. The van der Waals surface area contributed by atoms with Crippen molar-refractivity contribution in [3.8, 4) is 0 Å². The molecular weight excluding hydrogens is 372 g/mol. The molecule has 4 fully saturated rings. The molecule has 0 aromatic heterocycles. The molecular formula is C31H52. The van der Waals surface area contributed by atoms with Gasteiger partial charge in [0.1, 0.15) is 0 Å². The summed E-state index contributed by atoms with van der Waals surface area (Å²) in [5, 5.41) is 0. The minimum Gasteiger partial charge on any atom is -0.0958 e. The van der Waals surface area contributed by atoms with Crippen LogP contribution in [0.3, 0.4) is 0 Å². The molecule has 0 aromatic rings. The van der Waals surface area contributed by atoms with Gasteiger partial charge in [-0.3, -0.25) is 0 Å². The van der Waals surface area contributed by atoms with Crippen molar-refractivity contribution in [2.24, 2.45) is 40.4 Å². The van der Waals surface area contributed by atoms with Gasteiger partial charge in [0.15, 0.2) is 0 Å². The van der Waals surface area contributed by atoms with Gasteiger partial charge in [-0.05, 0) is 131 Å². The molecule has 0 amide bonds. The Balaban J connectivity index is 0.00000289. The first-order valence-corrected chi connectivity index (χ1v) is 13.7. The first kappa shape index (κ1) is 23.4. The monoisotopic (exact) mass is 424 g/mol. The Morgan fingerprint density at radius 1 is 1.00 bits per heavy atom. The Bertz CT molecular complexity index is 752. The fourth-order valence-electron chi connectivity index (χ4n) is 9.35. The van der Waals surface area contributed by atoms with Gasteiger partial charge in [0.05, 0.1) is 0 Å². The second kappa shape index (κ2) is 8.87. The van der Waals surface area contributed by atoms with Gasteiger partial charge in [-0.1, -0.05) is 63.0 Å². The molecule has 176 valence electrons. The molecule has 0 saturated heterocycles. The SMILES string of the molecule is C=C(C)/C(CCC=C(C)C)=C1\C(CC)CC2(C)C1CCC1C2CCC2CCCCC21C.[HH]. The predicted octanol–water partition coefficient (Wildman–Crippen LogP) is 9.92. The van der Waals surface area contributed by atoms with E-state index in [-0.39, 0.29) is 1.43 Å². The summed E-state index contributed by atoms with van der Waals surface area (Å²) in [6, 6.07) is 0. The van der Waals surface area contributed by atoms with Gasteiger partial charge in [0, 0.05) is 1.43 Å². The topological polar surface area (TPSA) is 0 Å². The highest BCUT2D eigenvalue weighted by Crippen LogP contribution is 2.69. The number of rotatable bonds is 5. The minimum absolute atomic E-state index is 0. The van der Waals surface area contributed by atoms with E-state index >= 15 is 0 Å². The fourth-order valence-corrected chi connectivity index (χ4v) is 9.35. The van der Waals surface area contributed by atoms with Gasteiger partial charge in [-0.15, -0.1) is 0 Å². The van der Waals surface area contributed by atoms with Crippen LogP contribution in [0.2, 0.25) is 0 Å². The molecule has 0 aliphatic heterocycles. The van der Waals surface area contributed by atoms with Gasteiger partial charge < -0.3 is 0 Å².